The van der Waals surface area contributed by atoms with E-state index in [1.54, 1.807) is 12.0 Å². The topological polar surface area (TPSA) is 79.5 Å². The Morgan fingerprint density at radius 2 is 1.81 bits per heavy atom. The fraction of sp³-hybridized carbons (Fsp3) is 0.318. The van der Waals surface area contributed by atoms with Crippen LogP contribution in [0.3, 0.4) is 0 Å². The van der Waals surface area contributed by atoms with E-state index in [9.17, 15) is 22.0 Å². The third kappa shape index (κ3) is 4.01. The Labute approximate surface area is 178 Å². The molecular weight excluding hydrogens is 426 g/mol. The number of nitrogens with one attached hydrogen (secondary N) is 1. The van der Waals surface area contributed by atoms with Gasteiger partial charge in [0.25, 0.3) is 5.91 Å². The third-order valence-electron chi connectivity index (χ3n) is 5.81. The highest BCUT2D eigenvalue weighted by Gasteiger charge is 2.28. The van der Waals surface area contributed by atoms with Crippen LogP contribution in [0.15, 0.2) is 53.6 Å². The number of aromatic nitrogens is 1. The lowest BCUT2D eigenvalue weighted by Crippen LogP contribution is -2.37. The molecule has 0 bridgehead atoms. The molecule has 0 unspecified atom stereocenters. The Morgan fingerprint density at radius 3 is 2.42 bits per heavy atom. The smallest absolute Gasteiger partial charge is 0.341 e. The number of methoxy groups -OCH3 is 1. The van der Waals surface area contributed by atoms with Crippen LogP contribution in [0.2, 0.25) is 0 Å². The Morgan fingerprint density at radius 1 is 1.13 bits per heavy atom. The summed E-state index contributed by atoms with van der Waals surface area (Å²) in [5, 5.41) is 1.11. The summed E-state index contributed by atoms with van der Waals surface area (Å²) in [7, 11) is -3.04. The number of hydrogen-bond donors (Lipinski definition) is 1. The lowest BCUT2D eigenvalue weighted by molar-refractivity contribution is 0.0713. The van der Waals surface area contributed by atoms with E-state index in [0.717, 1.165) is 41.6 Å². The van der Waals surface area contributed by atoms with Crippen LogP contribution in [-0.2, 0) is 9.84 Å². The summed E-state index contributed by atoms with van der Waals surface area (Å²) in [6.45, 7) is 1.11. The number of rotatable bonds is 5. The molecule has 1 fully saturated rings. The molecular formula is C22H22F2N2O4S. The number of amides is 1. The number of nitrogens with zero attached hydrogens (tertiary/aromatic N) is 1. The second-order valence-corrected chi connectivity index (χ2v) is 9.47. The number of likely N-dealkylation sites (tertiary alicyclic amines) is 1. The standard InChI is InChI=1S/C22H22F2N2O4S/c1-30-16-4-7-20-18(12-16)19(13-25-20)14-8-10-26(11-9-14)21(27)15-2-5-17(6-3-15)31(28,29)22(23)24/h2-7,12-14,22,25H,8-11H2,1H3. The number of piperidine rings is 1. The number of alkyl halides is 2. The van der Waals surface area contributed by atoms with Crippen LogP contribution in [-0.4, -0.2) is 50.2 Å². The van der Waals surface area contributed by atoms with Crippen LogP contribution in [0.4, 0.5) is 8.78 Å². The lowest BCUT2D eigenvalue weighted by Gasteiger charge is -2.32. The van der Waals surface area contributed by atoms with Crippen molar-refractivity contribution in [1.29, 1.82) is 0 Å². The van der Waals surface area contributed by atoms with Crippen LogP contribution < -0.4 is 4.74 Å². The van der Waals surface area contributed by atoms with Gasteiger partial charge in [0.1, 0.15) is 5.75 Å². The number of fused-ring (bicyclic) bond motifs is 1. The largest absolute Gasteiger partial charge is 0.497 e. The Balaban J connectivity index is 1.45. The van der Waals surface area contributed by atoms with Gasteiger partial charge in [0.05, 0.1) is 12.0 Å². The minimum absolute atomic E-state index is 0.236. The van der Waals surface area contributed by atoms with Gasteiger partial charge in [-0.15, -0.1) is 0 Å². The first-order valence-corrected chi connectivity index (χ1v) is 11.4. The molecule has 2 aromatic carbocycles. The summed E-state index contributed by atoms with van der Waals surface area (Å²) in [4.78, 5) is 17.3. The maximum absolute atomic E-state index is 12.8. The fourth-order valence-corrected chi connectivity index (χ4v) is 4.77. The first-order valence-electron chi connectivity index (χ1n) is 9.87. The Kier molecular flexibility index (Phi) is 5.70. The molecule has 1 aliphatic heterocycles. The van der Waals surface area contributed by atoms with Crippen LogP contribution in [0, 0.1) is 0 Å². The number of carbonyl (C=O) groups excluding carboxylic acids is 1. The van der Waals surface area contributed by atoms with Gasteiger partial charge in [-0.1, -0.05) is 0 Å². The van der Waals surface area contributed by atoms with Crippen molar-refractivity contribution in [3.63, 3.8) is 0 Å². The summed E-state index contributed by atoms with van der Waals surface area (Å²) in [5.74, 6) is -2.64. The molecule has 0 saturated carbocycles. The zero-order valence-corrected chi connectivity index (χ0v) is 17.7. The van der Waals surface area contributed by atoms with Gasteiger partial charge in [-0.05, 0) is 66.8 Å². The first kappa shape index (κ1) is 21.3. The number of halogens is 2. The summed E-state index contributed by atoms with van der Waals surface area (Å²) in [6, 6.07) is 10.6. The molecule has 2 heterocycles. The Hall–Kier alpha value is -2.94. The van der Waals surface area contributed by atoms with E-state index < -0.39 is 20.5 Å². The average Bonchev–Trinajstić information content (AvgIpc) is 3.21. The lowest BCUT2D eigenvalue weighted by atomic mass is 9.89. The predicted octanol–water partition coefficient (Wildman–Crippen LogP) is 4.19. The van der Waals surface area contributed by atoms with Gasteiger partial charge in [0, 0.05) is 35.8 Å². The summed E-state index contributed by atoms with van der Waals surface area (Å²) >= 11 is 0. The van der Waals surface area contributed by atoms with Gasteiger partial charge in [-0.3, -0.25) is 4.79 Å². The van der Waals surface area contributed by atoms with Crippen LogP contribution in [0.25, 0.3) is 10.9 Å². The third-order valence-corrected chi connectivity index (χ3v) is 7.21. The molecule has 1 aromatic heterocycles. The summed E-state index contributed by atoms with van der Waals surface area (Å²) in [5.41, 5.74) is 2.51. The molecule has 9 heteroatoms. The van der Waals surface area contributed by atoms with Gasteiger partial charge in [-0.25, -0.2) is 8.42 Å². The highest BCUT2D eigenvalue weighted by molar-refractivity contribution is 7.91. The van der Waals surface area contributed by atoms with Crippen molar-refractivity contribution in [2.24, 2.45) is 0 Å². The predicted molar refractivity (Wildman–Crippen MR) is 112 cm³/mol. The molecule has 1 N–H and O–H groups in total. The average molecular weight is 448 g/mol. The van der Waals surface area contributed by atoms with E-state index in [1.165, 1.54) is 17.7 Å². The van der Waals surface area contributed by atoms with Crippen molar-refractivity contribution in [3.8, 4) is 5.75 Å². The molecule has 6 nitrogen and oxygen atoms in total. The molecule has 164 valence electrons. The second kappa shape index (κ2) is 8.30. The SMILES string of the molecule is COc1ccc2[nH]cc(C3CCN(C(=O)c4ccc(S(=O)(=O)C(F)F)cc4)CC3)c2c1. The molecule has 3 aromatic rings. The van der Waals surface area contributed by atoms with Crippen molar-refractivity contribution in [2.45, 2.75) is 29.4 Å². The number of aromatic amines is 1. The highest BCUT2D eigenvalue weighted by atomic mass is 32.2. The number of hydrogen-bond acceptors (Lipinski definition) is 4. The normalized spacial score (nSPS) is 15.5. The van der Waals surface area contributed by atoms with E-state index in [1.807, 2.05) is 24.4 Å². The number of sulfone groups is 1. The molecule has 0 radical (unpaired) electrons. The van der Waals surface area contributed by atoms with E-state index in [4.69, 9.17) is 4.74 Å². The molecule has 0 atom stereocenters. The molecule has 0 aliphatic carbocycles. The van der Waals surface area contributed by atoms with Crippen molar-refractivity contribution in [3.05, 3.63) is 59.8 Å². The van der Waals surface area contributed by atoms with Gasteiger partial charge in [0.15, 0.2) is 0 Å². The number of benzene rings is 2. The van der Waals surface area contributed by atoms with E-state index in [2.05, 4.69) is 4.98 Å². The van der Waals surface area contributed by atoms with E-state index >= 15 is 0 Å². The molecule has 31 heavy (non-hydrogen) atoms. The first-order chi connectivity index (χ1) is 14.8. The minimum Gasteiger partial charge on any atom is -0.497 e. The quantitative estimate of drug-likeness (QED) is 0.635. The molecule has 1 saturated heterocycles. The summed E-state index contributed by atoms with van der Waals surface area (Å²) < 4.78 is 53.7. The molecule has 1 amide bonds. The van der Waals surface area contributed by atoms with Crippen molar-refractivity contribution in [2.75, 3.05) is 20.2 Å². The van der Waals surface area contributed by atoms with E-state index in [-0.39, 0.29) is 11.5 Å². The maximum Gasteiger partial charge on any atom is 0.341 e. The fourth-order valence-electron chi connectivity index (χ4n) is 4.05. The Bertz CT molecular complexity index is 1200. The zero-order valence-electron chi connectivity index (χ0n) is 16.8. The van der Waals surface area contributed by atoms with Gasteiger partial charge < -0.3 is 14.6 Å². The van der Waals surface area contributed by atoms with E-state index in [0.29, 0.717) is 19.0 Å². The van der Waals surface area contributed by atoms with Gasteiger partial charge in [-0.2, -0.15) is 8.78 Å². The number of ether oxygens (including phenoxy) is 1. The summed E-state index contributed by atoms with van der Waals surface area (Å²) in [6.07, 6.45) is 3.58. The van der Waals surface area contributed by atoms with Crippen LogP contribution in [0.1, 0.15) is 34.7 Å². The van der Waals surface area contributed by atoms with Crippen molar-refractivity contribution >= 4 is 26.6 Å². The second-order valence-electron chi connectivity index (χ2n) is 7.55. The van der Waals surface area contributed by atoms with Crippen LogP contribution >= 0.6 is 0 Å². The monoisotopic (exact) mass is 448 g/mol. The number of carbonyl (C=O) groups is 1. The molecule has 1 aliphatic rings. The number of H-pyrrole nitrogens is 1. The molecule has 0 spiro atoms. The zero-order chi connectivity index (χ0) is 22.2. The molecule has 4 rings (SSSR count). The van der Waals surface area contributed by atoms with Gasteiger partial charge in [0.2, 0.25) is 9.84 Å². The van der Waals surface area contributed by atoms with Gasteiger partial charge >= 0.3 is 5.76 Å². The highest BCUT2D eigenvalue weighted by Crippen LogP contribution is 2.35. The maximum atomic E-state index is 12.8. The van der Waals surface area contributed by atoms with Crippen LogP contribution in [0.5, 0.6) is 5.75 Å². The van der Waals surface area contributed by atoms with Crippen molar-refractivity contribution in [1.82, 2.24) is 9.88 Å². The van der Waals surface area contributed by atoms with Crippen molar-refractivity contribution < 1.29 is 26.7 Å². The minimum atomic E-state index is -4.67.